The minimum Gasteiger partial charge on any atom is -0.487 e. The van der Waals surface area contributed by atoms with Gasteiger partial charge in [0, 0.05) is 61.0 Å². The molecule has 4 amide bonds. The smallest absolute Gasteiger partial charge is 0.228 e. The molecule has 0 bridgehead atoms. The first-order valence-electron chi connectivity index (χ1n) is 23.6. The van der Waals surface area contributed by atoms with Crippen LogP contribution in [0.3, 0.4) is 0 Å². The second-order valence-corrected chi connectivity index (χ2v) is 18.4. The quantitative estimate of drug-likeness (QED) is 0.102. The maximum atomic E-state index is 11.9. The lowest BCUT2D eigenvalue weighted by atomic mass is 9.97. The zero-order chi connectivity index (χ0) is 49.6. The minimum absolute atomic E-state index is 0.0101. The molecule has 10 rings (SSSR count). The molecule has 4 aliphatic rings. The third-order valence-electron chi connectivity index (χ3n) is 11.9. The molecule has 15 heteroatoms. The predicted molar refractivity (Wildman–Crippen MR) is 280 cm³/mol. The van der Waals surface area contributed by atoms with Crippen LogP contribution in [0.2, 0.25) is 0 Å². The molecule has 15 nitrogen and oxygen atoms in total. The van der Waals surface area contributed by atoms with Crippen LogP contribution in [0.25, 0.3) is 34.2 Å². The van der Waals surface area contributed by atoms with Gasteiger partial charge in [-0.25, -0.2) is 0 Å². The van der Waals surface area contributed by atoms with E-state index in [1.807, 2.05) is 130 Å². The van der Waals surface area contributed by atoms with E-state index >= 15 is 0 Å². The average Bonchev–Trinajstić information content (AvgIpc) is 3.81. The number of hydrogen-bond acceptors (Lipinski definition) is 10. The molecule has 0 saturated carbocycles. The van der Waals surface area contributed by atoms with E-state index < -0.39 is 0 Å². The van der Waals surface area contributed by atoms with Crippen molar-refractivity contribution >= 4 is 87.0 Å². The molecule has 5 aromatic carbocycles. The number of aliphatic imine (C=N–C) groups is 2. The Labute approximate surface area is 407 Å². The van der Waals surface area contributed by atoms with Crippen molar-refractivity contribution in [2.75, 3.05) is 26.6 Å². The number of anilines is 5. The number of carbonyl (C=O) groups excluding carboxylic acids is 4. The second kappa shape index (κ2) is 21.1. The highest BCUT2D eigenvalue weighted by molar-refractivity contribution is 6.40. The highest BCUT2D eigenvalue weighted by Gasteiger charge is 2.27. The SMILES string of the molecule is CC(=O)Nc1ccccc1/C=C/c1cccc2c1N[C@H](C)CC(=O)N2.CC(C)C1N=CC(c2cccc3c2O[C@H](C)CC(=O)N3)=N1.Cc1cc2nn(C)cc2cc1-c1cccc2c1O[C@H](C)CC(=O)N2. The molecule has 1 aromatic heterocycles. The summed E-state index contributed by atoms with van der Waals surface area (Å²) in [5.74, 6) is 1.65. The van der Waals surface area contributed by atoms with Gasteiger partial charge in [-0.05, 0) is 98.3 Å². The lowest BCUT2D eigenvalue weighted by Crippen LogP contribution is -2.19. The first-order valence-corrected chi connectivity index (χ1v) is 23.6. The summed E-state index contributed by atoms with van der Waals surface area (Å²) >= 11 is 0. The molecular weight excluding hydrogens is 883 g/mol. The summed E-state index contributed by atoms with van der Waals surface area (Å²) in [7, 11) is 1.92. The highest BCUT2D eigenvalue weighted by Crippen LogP contribution is 2.41. The largest absolute Gasteiger partial charge is 0.487 e. The van der Waals surface area contributed by atoms with Gasteiger partial charge in [0.1, 0.15) is 18.4 Å². The maximum absolute atomic E-state index is 11.9. The lowest BCUT2D eigenvalue weighted by molar-refractivity contribution is -0.118. The summed E-state index contributed by atoms with van der Waals surface area (Å²) in [4.78, 5) is 56.0. The van der Waals surface area contributed by atoms with Crippen LogP contribution in [0.5, 0.6) is 11.5 Å². The number of aromatic nitrogens is 2. The number of nitrogens with zero attached hydrogens (tertiary/aromatic N) is 4. The average molecular weight is 942 g/mol. The summed E-state index contributed by atoms with van der Waals surface area (Å²) in [6.45, 7) is 13.6. The van der Waals surface area contributed by atoms with Crippen LogP contribution in [0.1, 0.15) is 83.1 Å². The van der Waals surface area contributed by atoms with Crippen LogP contribution in [-0.4, -0.2) is 69.8 Å². The van der Waals surface area contributed by atoms with Gasteiger partial charge in [0.25, 0.3) is 0 Å². The number of carbonyl (C=O) groups is 4. The van der Waals surface area contributed by atoms with E-state index in [-0.39, 0.29) is 48.0 Å². The molecule has 5 N–H and O–H groups in total. The van der Waals surface area contributed by atoms with E-state index in [9.17, 15) is 19.2 Å². The van der Waals surface area contributed by atoms with Crippen molar-refractivity contribution in [1.29, 1.82) is 0 Å². The van der Waals surface area contributed by atoms with Crippen molar-refractivity contribution < 1.29 is 28.7 Å². The molecule has 4 aliphatic heterocycles. The molecule has 70 heavy (non-hydrogen) atoms. The van der Waals surface area contributed by atoms with Crippen molar-refractivity contribution in [1.82, 2.24) is 9.78 Å². The number of para-hydroxylation sites is 4. The topological polar surface area (TPSA) is 189 Å². The number of aryl methyl sites for hydroxylation is 2. The monoisotopic (exact) mass is 941 g/mol. The third-order valence-corrected chi connectivity index (χ3v) is 11.9. The first-order chi connectivity index (χ1) is 33.6. The van der Waals surface area contributed by atoms with Gasteiger partial charge in [-0.15, -0.1) is 0 Å². The molecule has 0 fully saturated rings. The standard InChI is InChI=1S/C20H21N3O2.C19H19N3O2.C16H19N3O2/c1-13-12-19(25)23-18-9-5-7-16(20(18)21-13)11-10-15-6-3-4-8-17(15)22-14(2)24;1-11-7-17-13(10-22(3)21-17)9-15(11)14-5-4-6-16-19(14)24-12(2)8-18(23)20-16;1-9(2)16-17-8-13(19-16)11-5-4-6-12-15(11)21-10(3)7-14(20)18-12/h3-11,13,21H,12H2,1-2H3,(H,22,24)(H,23,25);4-7,9-10,12H,8H2,1-3H3,(H,20,23);4-6,8-10,16H,7H2,1-3H3,(H,18,20)/b11-10+;;/t13-;12-;10-,16?/m111/s1. The Morgan fingerprint density at radius 1 is 0.743 bits per heavy atom. The molecule has 1 unspecified atom stereocenters. The van der Waals surface area contributed by atoms with E-state index in [4.69, 9.17) is 9.47 Å². The van der Waals surface area contributed by atoms with Gasteiger partial charge in [0.2, 0.25) is 23.6 Å². The Morgan fingerprint density at radius 2 is 1.33 bits per heavy atom. The summed E-state index contributed by atoms with van der Waals surface area (Å²) in [5.41, 5.74) is 11.7. The number of rotatable bonds is 6. The number of ether oxygens (including phenoxy) is 2. The fraction of sp³-hybridized carbons (Fsp3) is 0.291. The zero-order valence-electron chi connectivity index (χ0n) is 40.7. The zero-order valence-corrected chi connectivity index (χ0v) is 40.7. The van der Waals surface area contributed by atoms with E-state index in [0.717, 1.165) is 78.5 Å². The summed E-state index contributed by atoms with van der Waals surface area (Å²) in [6.07, 6.45) is 8.53. The van der Waals surface area contributed by atoms with Crippen LogP contribution < -0.4 is 36.1 Å². The molecular formula is C55H59N9O6. The highest BCUT2D eigenvalue weighted by atomic mass is 16.5. The molecule has 0 spiro atoms. The Kier molecular flexibility index (Phi) is 14.6. The Morgan fingerprint density at radius 3 is 2.00 bits per heavy atom. The second-order valence-electron chi connectivity index (χ2n) is 18.4. The Bertz CT molecular complexity index is 3080. The van der Waals surface area contributed by atoms with Crippen molar-refractivity contribution in [2.24, 2.45) is 23.0 Å². The van der Waals surface area contributed by atoms with Gasteiger partial charge in [-0.1, -0.05) is 74.5 Å². The van der Waals surface area contributed by atoms with Crippen LogP contribution in [0.4, 0.5) is 28.4 Å². The van der Waals surface area contributed by atoms with Gasteiger partial charge in [0.05, 0.1) is 46.8 Å². The van der Waals surface area contributed by atoms with Gasteiger partial charge in [0.15, 0.2) is 11.5 Å². The number of nitrogens with one attached hydrogen (secondary N) is 5. The molecule has 0 saturated heterocycles. The summed E-state index contributed by atoms with van der Waals surface area (Å²) in [5, 5.41) is 20.5. The number of benzene rings is 5. The van der Waals surface area contributed by atoms with Crippen LogP contribution in [0.15, 0.2) is 107 Å². The third kappa shape index (κ3) is 11.4. The van der Waals surface area contributed by atoms with E-state index in [1.54, 1.807) is 6.21 Å². The Hall–Kier alpha value is -8.07. The number of fused-ring (bicyclic) bond motifs is 4. The van der Waals surface area contributed by atoms with E-state index in [1.165, 1.54) is 6.92 Å². The van der Waals surface area contributed by atoms with Crippen molar-refractivity contribution in [3.63, 3.8) is 0 Å². The number of amides is 4. The van der Waals surface area contributed by atoms with E-state index in [0.29, 0.717) is 36.6 Å². The predicted octanol–water partition coefficient (Wildman–Crippen LogP) is 10.3. The summed E-state index contributed by atoms with van der Waals surface area (Å²) in [6, 6.07) is 29.3. The fourth-order valence-electron chi connectivity index (χ4n) is 8.63. The maximum Gasteiger partial charge on any atom is 0.228 e. The van der Waals surface area contributed by atoms with Crippen molar-refractivity contribution in [2.45, 2.75) is 92.1 Å². The van der Waals surface area contributed by atoms with E-state index in [2.05, 4.69) is 74.6 Å². The molecule has 360 valence electrons. The minimum atomic E-state index is -0.160. The fourth-order valence-corrected chi connectivity index (χ4v) is 8.63. The lowest BCUT2D eigenvalue weighted by Gasteiger charge is -2.17. The van der Waals surface area contributed by atoms with Crippen molar-refractivity contribution in [3.8, 4) is 22.6 Å². The molecule has 4 atom stereocenters. The number of hydrogen-bond donors (Lipinski definition) is 5. The Balaban J connectivity index is 0.000000142. The van der Waals surface area contributed by atoms with Crippen LogP contribution >= 0.6 is 0 Å². The molecule has 0 aliphatic carbocycles. The van der Waals surface area contributed by atoms with Crippen LogP contribution in [-0.2, 0) is 26.2 Å². The molecule has 0 radical (unpaired) electrons. The first kappa shape index (κ1) is 48.4. The van der Waals surface area contributed by atoms with Gasteiger partial charge < -0.3 is 36.1 Å². The normalized spacial score (nSPS) is 19.0. The summed E-state index contributed by atoms with van der Waals surface area (Å²) < 4.78 is 13.8. The molecule has 6 aromatic rings. The van der Waals surface area contributed by atoms with Gasteiger partial charge >= 0.3 is 0 Å². The van der Waals surface area contributed by atoms with Gasteiger partial charge in [-0.2, -0.15) is 5.10 Å². The van der Waals surface area contributed by atoms with Gasteiger partial charge in [-0.3, -0.25) is 33.8 Å². The molecule has 5 heterocycles. The van der Waals surface area contributed by atoms with Crippen molar-refractivity contribution in [3.05, 3.63) is 119 Å². The van der Waals surface area contributed by atoms with Crippen LogP contribution in [0, 0.1) is 12.8 Å².